The summed E-state index contributed by atoms with van der Waals surface area (Å²) in [5, 5.41) is 9.10. The molecule has 0 bridgehead atoms. The second-order valence-corrected chi connectivity index (χ2v) is 6.77. The van der Waals surface area contributed by atoms with Gasteiger partial charge in [-0.05, 0) is 35.9 Å². The van der Waals surface area contributed by atoms with Crippen LogP contribution in [-0.4, -0.2) is 29.9 Å². The molecule has 1 amide bonds. The fourth-order valence-corrected chi connectivity index (χ4v) is 3.12. The number of carbonyl (C=O) groups excluding carboxylic acids is 1. The van der Waals surface area contributed by atoms with E-state index in [1.54, 1.807) is 44.6 Å². The van der Waals surface area contributed by atoms with Gasteiger partial charge in [-0.3, -0.25) is 9.78 Å². The molecular formula is C23H16FN3O2. The standard InChI is InChI=1S/C23H16FN3O2/c1-27(2)23(28)15-5-3-14(4-6-15)21-12-20-22(29-21)18(9-10-26-20)16-7-8-19(24)17(11-16)13-25/h3-12H,1-2H3. The van der Waals surface area contributed by atoms with Crippen molar-refractivity contribution in [3.05, 3.63) is 77.7 Å². The number of carbonyl (C=O) groups is 1. The number of amides is 1. The zero-order valence-corrected chi connectivity index (χ0v) is 15.8. The molecule has 2 heterocycles. The highest BCUT2D eigenvalue weighted by molar-refractivity contribution is 5.95. The van der Waals surface area contributed by atoms with E-state index in [-0.39, 0.29) is 11.5 Å². The van der Waals surface area contributed by atoms with Gasteiger partial charge in [-0.1, -0.05) is 18.2 Å². The van der Waals surface area contributed by atoms with Gasteiger partial charge in [0.15, 0.2) is 5.58 Å². The molecule has 2 aromatic carbocycles. The van der Waals surface area contributed by atoms with Gasteiger partial charge in [0, 0.05) is 43.0 Å². The van der Waals surface area contributed by atoms with Crippen LogP contribution >= 0.6 is 0 Å². The van der Waals surface area contributed by atoms with E-state index in [1.807, 2.05) is 24.3 Å². The van der Waals surface area contributed by atoms with Gasteiger partial charge in [-0.25, -0.2) is 4.39 Å². The van der Waals surface area contributed by atoms with E-state index >= 15 is 0 Å². The summed E-state index contributed by atoms with van der Waals surface area (Å²) in [6.07, 6.45) is 1.64. The van der Waals surface area contributed by atoms with Crippen molar-refractivity contribution in [3.8, 4) is 28.5 Å². The van der Waals surface area contributed by atoms with Gasteiger partial charge >= 0.3 is 0 Å². The molecule has 6 heteroatoms. The Hall–Kier alpha value is -3.98. The number of pyridine rings is 1. The molecule has 4 aromatic rings. The number of fused-ring (bicyclic) bond motifs is 1. The van der Waals surface area contributed by atoms with Crippen LogP contribution in [0.5, 0.6) is 0 Å². The molecule has 0 aliphatic heterocycles. The van der Waals surface area contributed by atoms with Gasteiger partial charge < -0.3 is 9.32 Å². The monoisotopic (exact) mass is 385 g/mol. The number of hydrogen-bond donors (Lipinski definition) is 0. The summed E-state index contributed by atoms with van der Waals surface area (Å²) in [6, 6.07) is 16.9. The maximum atomic E-state index is 13.7. The summed E-state index contributed by atoms with van der Waals surface area (Å²) in [4.78, 5) is 17.9. The summed E-state index contributed by atoms with van der Waals surface area (Å²) < 4.78 is 19.7. The van der Waals surface area contributed by atoms with Crippen LogP contribution < -0.4 is 0 Å². The largest absolute Gasteiger partial charge is 0.454 e. The number of nitriles is 1. The third kappa shape index (κ3) is 3.34. The van der Waals surface area contributed by atoms with Crippen molar-refractivity contribution in [3.63, 3.8) is 0 Å². The Morgan fingerprint density at radius 1 is 1.07 bits per heavy atom. The summed E-state index contributed by atoms with van der Waals surface area (Å²) in [5.41, 5.74) is 3.95. The number of benzene rings is 2. The predicted octanol–water partition coefficient (Wildman–Crippen LogP) is 4.87. The SMILES string of the molecule is CN(C)C(=O)c1ccc(-c2cc3nccc(-c4ccc(F)c(C#N)c4)c3o2)cc1. The summed E-state index contributed by atoms with van der Waals surface area (Å²) in [5.74, 6) is -0.0322. The number of nitrogens with zero attached hydrogens (tertiary/aromatic N) is 3. The molecule has 0 radical (unpaired) electrons. The lowest BCUT2D eigenvalue weighted by atomic mass is 10.0. The number of aromatic nitrogens is 1. The Bertz CT molecular complexity index is 1270. The number of furan rings is 1. The maximum absolute atomic E-state index is 13.7. The van der Waals surface area contributed by atoms with E-state index < -0.39 is 5.82 Å². The molecule has 4 rings (SSSR count). The molecule has 0 saturated heterocycles. The summed E-state index contributed by atoms with van der Waals surface area (Å²) >= 11 is 0. The molecule has 5 nitrogen and oxygen atoms in total. The van der Waals surface area contributed by atoms with Gasteiger partial charge in [-0.15, -0.1) is 0 Å². The van der Waals surface area contributed by atoms with E-state index in [4.69, 9.17) is 9.68 Å². The third-order valence-electron chi connectivity index (χ3n) is 4.63. The van der Waals surface area contributed by atoms with Crippen molar-refractivity contribution in [2.45, 2.75) is 0 Å². The molecule has 142 valence electrons. The highest BCUT2D eigenvalue weighted by atomic mass is 19.1. The van der Waals surface area contributed by atoms with Crippen molar-refractivity contribution in [1.29, 1.82) is 5.26 Å². The predicted molar refractivity (Wildman–Crippen MR) is 108 cm³/mol. The minimum atomic E-state index is -0.561. The molecule has 2 aromatic heterocycles. The molecule has 0 spiro atoms. The van der Waals surface area contributed by atoms with Crippen LogP contribution in [0, 0.1) is 17.1 Å². The molecule has 0 atom stereocenters. The molecule has 0 saturated carbocycles. The topological polar surface area (TPSA) is 70.1 Å². The first-order chi connectivity index (χ1) is 14.0. The first kappa shape index (κ1) is 18.4. The first-order valence-electron chi connectivity index (χ1n) is 8.88. The lowest BCUT2D eigenvalue weighted by Gasteiger charge is -2.10. The van der Waals surface area contributed by atoms with Crippen molar-refractivity contribution in [1.82, 2.24) is 9.88 Å². The number of hydrogen-bond acceptors (Lipinski definition) is 4. The van der Waals surface area contributed by atoms with Crippen LogP contribution in [0.15, 0.2) is 65.2 Å². The maximum Gasteiger partial charge on any atom is 0.253 e. The lowest BCUT2D eigenvalue weighted by molar-refractivity contribution is 0.0827. The normalized spacial score (nSPS) is 10.7. The van der Waals surface area contributed by atoms with E-state index in [0.29, 0.717) is 28.0 Å². The Kier molecular flexibility index (Phi) is 4.57. The fraction of sp³-hybridized carbons (Fsp3) is 0.0870. The number of halogens is 1. The second kappa shape index (κ2) is 7.21. The molecule has 0 unspecified atom stereocenters. The molecule has 29 heavy (non-hydrogen) atoms. The van der Waals surface area contributed by atoms with Gasteiger partial charge in [0.05, 0.1) is 5.56 Å². The van der Waals surface area contributed by atoms with Crippen LogP contribution in [0.2, 0.25) is 0 Å². The molecule has 0 aliphatic rings. The molecule has 0 fully saturated rings. The van der Waals surface area contributed by atoms with E-state index in [9.17, 15) is 9.18 Å². The van der Waals surface area contributed by atoms with E-state index in [0.717, 1.165) is 11.1 Å². The Morgan fingerprint density at radius 2 is 1.79 bits per heavy atom. The van der Waals surface area contributed by atoms with Crippen molar-refractivity contribution in [2.75, 3.05) is 14.1 Å². The van der Waals surface area contributed by atoms with E-state index in [1.165, 1.54) is 17.0 Å². The molecule has 0 aliphatic carbocycles. The van der Waals surface area contributed by atoms with Crippen LogP contribution in [0.1, 0.15) is 15.9 Å². The minimum absolute atomic E-state index is 0.0274. The zero-order valence-electron chi connectivity index (χ0n) is 15.8. The van der Waals surface area contributed by atoms with Crippen LogP contribution in [0.25, 0.3) is 33.6 Å². The second-order valence-electron chi connectivity index (χ2n) is 6.77. The lowest BCUT2D eigenvalue weighted by Crippen LogP contribution is -2.21. The Balaban J connectivity index is 1.77. The quantitative estimate of drug-likeness (QED) is 0.504. The fourth-order valence-electron chi connectivity index (χ4n) is 3.12. The highest BCUT2D eigenvalue weighted by Crippen LogP contribution is 2.34. The molecular weight excluding hydrogens is 369 g/mol. The Morgan fingerprint density at radius 3 is 2.48 bits per heavy atom. The van der Waals surface area contributed by atoms with Crippen molar-refractivity contribution >= 4 is 17.0 Å². The average Bonchev–Trinajstić information content (AvgIpc) is 3.18. The smallest absolute Gasteiger partial charge is 0.253 e. The number of rotatable bonds is 3. The van der Waals surface area contributed by atoms with Crippen LogP contribution in [0.3, 0.4) is 0 Å². The summed E-state index contributed by atoms with van der Waals surface area (Å²) in [6.45, 7) is 0. The van der Waals surface area contributed by atoms with Gasteiger partial charge in [0.1, 0.15) is 23.2 Å². The van der Waals surface area contributed by atoms with Crippen LogP contribution in [0.4, 0.5) is 4.39 Å². The van der Waals surface area contributed by atoms with Crippen molar-refractivity contribution in [2.24, 2.45) is 0 Å². The average molecular weight is 385 g/mol. The van der Waals surface area contributed by atoms with Crippen LogP contribution in [-0.2, 0) is 0 Å². The van der Waals surface area contributed by atoms with Crippen molar-refractivity contribution < 1.29 is 13.6 Å². The molecule has 0 N–H and O–H groups in total. The Labute approximate surface area is 166 Å². The zero-order chi connectivity index (χ0) is 20.5. The third-order valence-corrected chi connectivity index (χ3v) is 4.63. The minimum Gasteiger partial charge on any atom is -0.454 e. The van der Waals surface area contributed by atoms with Gasteiger partial charge in [0.2, 0.25) is 0 Å². The summed E-state index contributed by atoms with van der Waals surface area (Å²) in [7, 11) is 3.41. The first-order valence-corrected chi connectivity index (χ1v) is 8.88. The van der Waals surface area contributed by atoms with Gasteiger partial charge in [-0.2, -0.15) is 5.26 Å². The van der Waals surface area contributed by atoms with E-state index in [2.05, 4.69) is 4.98 Å². The van der Waals surface area contributed by atoms with Gasteiger partial charge in [0.25, 0.3) is 5.91 Å². The highest BCUT2D eigenvalue weighted by Gasteiger charge is 2.15.